The predicted octanol–water partition coefficient (Wildman–Crippen LogP) is 3.01. The van der Waals surface area contributed by atoms with Crippen LogP contribution in [-0.2, 0) is 0 Å². The van der Waals surface area contributed by atoms with Crippen molar-refractivity contribution in [2.24, 2.45) is 0 Å². The maximum absolute atomic E-state index is 10.8. The number of halogens is 1. The number of rotatable bonds is 5. The van der Waals surface area contributed by atoms with Gasteiger partial charge in [-0.15, -0.1) is 0 Å². The third kappa shape index (κ3) is 3.54. The van der Waals surface area contributed by atoms with Crippen LogP contribution in [0.1, 0.15) is 18.4 Å². The summed E-state index contributed by atoms with van der Waals surface area (Å²) in [6.45, 7) is 0.730. The highest BCUT2D eigenvalue weighted by molar-refractivity contribution is 6.30. The number of hydrogen-bond donors (Lipinski definition) is 1. The number of nitrogens with one attached hydrogen (secondary N) is 1. The second kappa shape index (κ2) is 5.29. The molecule has 2 rings (SSSR count). The van der Waals surface area contributed by atoms with Crippen molar-refractivity contribution >= 4 is 23.4 Å². The number of nitro benzene ring substituents is 1. The van der Waals surface area contributed by atoms with E-state index in [-0.39, 0.29) is 5.69 Å². The Hall–Kier alpha value is -1.39. The zero-order valence-electron chi connectivity index (χ0n) is 9.23. The van der Waals surface area contributed by atoms with Crippen molar-refractivity contribution in [2.45, 2.75) is 18.9 Å². The molecule has 0 spiro atoms. The maximum Gasteiger partial charge on any atom is 0.276 e. The molecule has 0 aromatic heterocycles. The minimum absolute atomic E-state index is 0.0806. The Bertz CT molecular complexity index is 456. The van der Waals surface area contributed by atoms with Crippen LogP contribution in [0.4, 0.5) is 5.69 Å². The first kappa shape index (κ1) is 12.1. The van der Waals surface area contributed by atoms with E-state index in [1.165, 1.54) is 25.0 Å². The summed E-state index contributed by atoms with van der Waals surface area (Å²) >= 11 is 5.82. The summed E-state index contributed by atoms with van der Waals surface area (Å²) in [7, 11) is 0. The van der Waals surface area contributed by atoms with Gasteiger partial charge in [0.15, 0.2) is 0 Å². The average molecular weight is 253 g/mol. The lowest BCUT2D eigenvalue weighted by Crippen LogP contribution is -2.15. The van der Waals surface area contributed by atoms with Gasteiger partial charge in [-0.05, 0) is 25.0 Å². The Kier molecular flexibility index (Phi) is 3.76. The molecule has 90 valence electrons. The van der Waals surface area contributed by atoms with Crippen LogP contribution < -0.4 is 5.32 Å². The lowest BCUT2D eigenvalue weighted by molar-refractivity contribution is -0.385. The molecule has 5 heteroatoms. The molecule has 1 saturated carbocycles. The van der Waals surface area contributed by atoms with Crippen LogP contribution in [0.5, 0.6) is 0 Å². The van der Waals surface area contributed by atoms with Gasteiger partial charge in [0, 0.05) is 23.7 Å². The Labute approximate surface area is 104 Å². The van der Waals surface area contributed by atoms with Crippen LogP contribution in [0, 0.1) is 10.1 Å². The van der Waals surface area contributed by atoms with E-state index >= 15 is 0 Å². The first-order valence-electron chi connectivity index (χ1n) is 5.50. The SMILES string of the molecule is O=[N+]([O-])c1ccc(Cl)cc1/C=C/CNC1CC1. The van der Waals surface area contributed by atoms with Gasteiger partial charge in [0.25, 0.3) is 5.69 Å². The molecule has 0 aliphatic heterocycles. The van der Waals surface area contributed by atoms with Crippen molar-refractivity contribution < 1.29 is 4.92 Å². The van der Waals surface area contributed by atoms with E-state index in [2.05, 4.69) is 5.32 Å². The molecule has 0 amide bonds. The van der Waals surface area contributed by atoms with Crippen molar-refractivity contribution in [1.82, 2.24) is 5.32 Å². The van der Waals surface area contributed by atoms with E-state index in [1.807, 2.05) is 6.08 Å². The summed E-state index contributed by atoms with van der Waals surface area (Å²) in [5.41, 5.74) is 0.622. The van der Waals surface area contributed by atoms with Gasteiger partial charge < -0.3 is 5.32 Å². The minimum atomic E-state index is -0.398. The van der Waals surface area contributed by atoms with E-state index in [9.17, 15) is 10.1 Å². The van der Waals surface area contributed by atoms with Crippen molar-refractivity contribution in [3.05, 3.63) is 45.0 Å². The summed E-state index contributed by atoms with van der Waals surface area (Å²) in [6, 6.07) is 5.19. The highest BCUT2D eigenvalue weighted by Gasteiger charge is 2.19. The van der Waals surface area contributed by atoms with Gasteiger partial charge >= 0.3 is 0 Å². The lowest BCUT2D eigenvalue weighted by atomic mass is 10.1. The van der Waals surface area contributed by atoms with Gasteiger partial charge in [-0.25, -0.2) is 0 Å². The summed E-state index contributed by atoms with van der Waals surface area (Å²) in [4.78, 5) is 10.4. The lowest BCUT2D eigenvalue weighted by Gasteiger charge is -1.99. The quantitative estimate of drug-likeness (QED) is 0.647. The maximum atomic E-state index is 10.8. The number of nitro groups is 1. The van der Waals surface area contributed by atoms with Crippen LogP contribution >= 0.6 is 11.6 Å². The summed E-state index contributed by atoms with van der Waals surface area (Å²) < 4.78 is 0. The third-order valence-electron chi connectivity index (χ3n) is 2.59. The monoisotopic (exact) mass is 252 g/mol. The van der Waals surface area contributed by atoms with Crippen molar-refractivity contribution in [1.29, 1.82) is 0 Å². The summed E-state index contributed by atoms with van der Waals surface area (Å²) in [6.07, 6.45) is 6.08. The van der Waals surface area contributed by atoms with Crippen LogP contribution in [0.3, 0.4) is 0 Å². The molecule has 1 aliphatic carbocycles. The molecule has 0 radical (unpaired) electrons. The highest BCUT2D eigenvalue weighted by atomic mass is 35.5. The largest absolute Gasteiger partial charge is 0.311 e. The summed E-state index contributed by atoms with van der Waals surface area (Å²) in [5.74, 6) is 0. The first-order valence-corrected chi connectivity index (χ1v) is 5.88. The fourth-order valence-electron chi connectivity index (χ4n) is 1.53. The molecule has 0 heterocycles. The molecule has 0 saturated heterocycles. The number of nitrogens with zero attached hydrogens (tertiary/aromatic N) is 1. The van der Waals surface area contributed by atoms with Crippen LogP contribution in [-0.4, -0.2) is 17.5 Å². The minimum Gasteiger partial charge on any atom is -0.311 e. The molecule has 4 nitrogen and oxygen atoms in total. The second-order valence-electron chi connectivity index (χ2n) is 4.05. The first-order chi connectivity index (χ1) is 8.16. The molecule has 1 fully saturated rings. The molecule has 0 bridgehead atoms. The Morgan fingerprint density at radius 3 is 2.94 bits per heavy atom. The molecular formula is C12H13ClN2O2. The normalized spacial score (nSPS) is 15.4. The second-order valence-corrected chi connectivity index (χ2v) is 4.48. The van der Waals surface area contributed by atoms with E-state index < -0.39 is 4.92 Å². The zero-order chi connectivity index (χ0) is 12.3. The van der Waals surface area contributed by atoms with E-state index in [4.69, 9.17) is 11.6 Å². The third-order valence-corrected chi connectivity index (χ3v) is 2.82. The zero-order valence-corrected chi connectivity index (χ0v) is 9.98. The molecular weight excluding hydrogens is 240 g/mol. The van der Waals surface area contributed by atoms with Gasteiger partial charge in [0.2, 0.25) is 0 Å². The summed E-state index contributed by atoms with van der Waals surface area (Å²) in [5, 5.41) is 14.6. The topological polar surface area (TPSA) is 55.2 Å². The fraction of sp³-hybridized carbons (Fsp3) is 0.333. The molecule has 1 N–H and O–H groups in total. The van der Waals surface area contributed by atoms with Crippen LogP contribution in [0.2, 0.25) is 5.02 Å². The number of hydrogen-bond acceptors (Lipinski definition) is 3. The Morgan fingerprint density at radius 1 is 1.53 bits per heavy atom. The van der Waals surface area contributed by atoms with Gasteiger partial charge in [-0.3, -0.25) is 10.1 Å². The predicted molar refractivity (Wildman–Crippen MR) is 68.2 cm³/mol. The number of benzene rings is 1. The van der Waals surface area contributed by atoms with Gasteiger partial charge in [0.1, 0.15) is 0 Å². The van der Waals surface area contributed by atoms with Crippen molar-refractivity contribution in [3.8, 4) is 0 Å². The van der Waals surface area contributed by atoms with E-state index in [0.29, 0.717) is 16.6 Å². The molecule has 17 heavy (non-hydrogen) atoms. The standard InChI is InChI=1S/C12H13ClN2O2/c13-10-3-6-12(15(16)17)9(8-10)2-1-7-14-11-4-5-11/h1-3,6,8,11,14H,4-5,7H2/b2-1+. The molecule has 1 aliphatic rings. The van der Waals surface area contributed by atoms with Crippen molar-refractivity contribution in [3.63, 3.8) is 0 Å². The molecule has 0 atom stereocenters. The van der Waals surface area contributed by atoms with E-state index in [1.54, 1.807) is 12.1 Å². The fourth-order valence-corrected chi connectivity index (χ4v) is 1.71. The molecule has 0 unspecified atom stereocenters. The average Bonchev–Trinajstić information content (AvgIpc) is 3.08. The Balaban J connectivity index is 2.06. The van der Waals surface area contributed by atoms with Gasteiger partial charge in [-0.1, -0.05) is 23.8 Å². The molecule has 1 aromatic carbocycles. The van der Waals surface area contributed by atoms with Gasteiger partial charge in [0.05, 0.1) is 10.5 Å². The van der Waals surface area contributed by atoms with Crippen LogP contribution in [0.25, 0.3) is 6.08 Å². The van der Waals surface area contributed by atoms with Crippen LogP contribution in [0.15, 0.2) is 24.3 Å². The highest BCUT2D eigenvalue weighted by Crippen LogP contribution is 2.24. The van der Waals surface area contributed by atoms with Gasteiger partial charge in [-0.2, -0.15) is 0 Å². The molecule has 1 aromatic rings. The Morgan fingerprint density at radius 2 is 2.29 bits per heavy atom. The van der Waals surface area contributed by atoms with E-state index in [0.717, 1.165) is 6.54 Å². The smallest absolute Gasteiger partial charge is 0.276 e. The van der Waals surface area contributed by atoms with Crippen molar-refractivity contribution in [2.75, 3.05) is 6.54 Å².